The van der Waals surface area contributed by atoms with Gasteiger partial charge < -0.3 is 10.1 Å². The van der Waals surface area contributed by atoms with Crippen LogP contribution in [-0.2, 0) is 6.54 Å². The van der Waals surface area contributed by atoms with Crippen LogP contribution in [0.25, 0.3) is 0 Å². The van der Waals surface area contributed by atoms with Gasteiger partial charge in [-0.1, -0.05) is 0 Å². The second kappa shape index (κ2) is 7.81. The number of aryl methyl sites for hydroxylation is 2. The molecular weight excluding hydrogens is 274 g/mol. The number of likely N-dealkylation sites (tertiary alicyclic amines) is 1. The zero-order valence-corrected chi connectivity index (χ0v) is 13.7. The number of hydrogen-bond donors (Lipinski definition) is 1. The molecule has 0 aliphatic carbocycles. The molecule has 0 spiro atoms. The van der Waals surface area contributed by atoms with Crippen molar-refractivity contribution in [2.45, 2.75) is 39.3 Å². The predicted molar refractivity (Wildman–Crippen MR) is 84.9 cm³/mol. The van der Waals surface area contributed by atoms with E-state index in [4.69, 9.17) is 4.74 Å². The fourth-order valence-electron chi connectivity index (χ4n) is 2.82. The summed E-state index contributed by atoms with van der Waals surface area (Å²) in [6, 6.07) is 2.66. The van der Waals surface area contributed by atoms with Gasteiger partial charge in [-0.15, -0.1) is 12.4 Å². The molecule has 5 heteroatoms. The summed E-state index contributed by atoms with van der Waals surface area (Å²) in [4.78, 5) is 7.01. The topological polar surface area (TPSA) is 37.4 Å². The molecular formula is C15H26ClN3O. The molecule has 2 heterocycles. The van der Waals surface area contributed by atoms with Crippen LogP contribution in [0.3, 0.4) is 0 Å². The Morgan fingerprint density at radius 1 is 1.45 bits per heavy atom. The minimum atomic E-state index is 0. The Kier molecular flexibility index (Phi) is 6.72. The van der Waals surface area contributed by atoms with E-state index in [1.54, 1.807) is 7.11 Å². The van der Waals surface area contributed by atoms with Gasteiger partial charge in [-0.2, -0.15) is 0 Å². The predicted octanol–water partition coefficient (Wildman–Crippen LogP) is 2.31. The molecule has 0 saturated carbocycles. The zero-order chi connectivity index (χ0) is 13.8. The molecule has 0 amide bonds. The van der Waals surface area contributed by atoms with Crippen LogP contribution in [0.1, 0.15) is 29.7 Å². The lowest BCUT2D eigenvalue weighted by Crippen LogP contribution is -2.44. The summed E-state index contributed by atoms with van der Waals surface area (Å²) in [7, 11) is 3.72. The first-order chi connectivity index (χ1) is 9.13. The van der Waals surface area contributed by atoms with Gasteiger partial charge in [0.1, 0.15) is 0 Å². The molecule has 1 aliphatic heterocycles. The Balaban J connectivity index is 0.00000200. The highest BCUT2D eigenvalue weighted by Crippen LogP contribution is 2.21. The number of pyridine rings is 1. The average Bonchev–Trinajstić information content (AvgIpc) is 2.42. The fourth-order valence-corrected chi connectivity index (χ4v) is 2.82. The Labute approximate surface area is 128 Å². The van der Waals surface area contributed by atoms with Gasteiger partial charge in [0.05, 0.1) is 7.11 Å². The van der Waals surface area contributed by atoms with Crippen molar-refractivity contribution in [1.29, 1.82) is 0 Å². The number of nitrogens with zero attached hydrogens (tertiary/aromatic N) is 2. The monoisotopic (exact) mass is 299 g/mol. The van der Waals surface area contributed by atoms with Gasteiger partial charge in [0.2, 0.25) is 5.88 Å². The van der Waals surface area contributed by atoms with E-state index >= 15 is 0 Å². The second-order valence-electron chi connectivity index (χ2n) is 5.41. The molecule has 4 nitrogen and oxygen atoms in total. The van der Waals surface area contributed by atoms with Crippen molar-refractivity contribution in [3.05, 3.63) is 22.9 Å². The number of methoxy groups -OCH3 is 1. The van der Waals surface area contributed by atoms with Crippen molar-refractivity contribution in [2.75, 3.05) is 27.2 Å². The zero-order valence-electron chi connectivity index (χ0n) is 12.9. The minimum Gasteiger partial charge on any atom is -0.481 e. The van der Waals surface area contributed by atoms with Gasteiger partial charge in [-0.05, 0) is 51.4 Å². The van der Waals surface area contributed by atoms with Crippen LogP contribution in [-0.4, -0.2) is 43.2 Å². The first-order valence-corrected chi connectivity index (χ1v) is 7.04. The molecule has 0 bridgehead atoms. The molecule has 1 atom stereocenters. The summed E-state index contributed by atoms with van der Waals surface area (Å²) >= 11 is 0. The smallest absolute Gasteiger partial charge is 0.213 e. The summed E-state index contributed by atoms with van der Waals surface area (Å²) in [6.07, 6.45) is 2.55. The lowest BCUT2D eigenvalue weighted by molar-refractivity contribution is 0.187. The highest BCUT2D eigenvalue weighted by Gasteiger charge is 2.20. The molecule has 0 aromatic carbocycles. The first-order valence-electron chi connectivity index (χ1n) is 7.04. The van der Waals surface area contributed by atoms with E-state index in [1.165, 1.54) is 30.5 Å². The largest absolute Gasteiger partial charge is 0.481 e. The normalized spacial score (nSPS) is 19.5. The van der Waals surface area contributed by atoms with E-state index in [9.17, 15) is 0 Å². The number of piperidine rings is 1. The van der Waals surface area contributed by atoms with Crippen LogP contribution in [0.5, 0.6) is 5.88 Å². The third-order valence-electron chi connectivity index (χ3n) is 4.04. The number of likely N-dealkylation sites (N-methyl/N-ethyl adjacent to an activating group) is 1. The Morgan fingerprint density at radius 2 is 2.20 bits per heavy atom. The van der Waals surface area contributed by atoms with Gasteiger partial charge in [0.15, 0.2) is 0 Å². The second-order valence-corrected chi connectivity index (χ2v) is 5.41. The highest BCUT2D eigenvalue weighted by atomic mass is 35.5. The first kappa shape index (κ1) is 17.2. The van der Waals surface area contributed by atoms with Crippen LogP contribution in [0.4, 0.5) is 0 Å². The van der Waals surface area contributed by atoms with Crippen LogP contribution < -0.4 is 10.1 Å². The van der Waals surface area contributed by atoms with E-state index in [1.807, 2.05) is 6.07 Å². The maximum Gasteiger partial charge on any atom is 0.213 e. The fraction of sp³-hybridized carbons (Fsp3) is 0.667. The minimum absolute atomic E-state index is 0. The van der Waals surface area contributed by atoms with Crippen molar-refractivity contribution in [3.8, 4) is 5.88 Å². The molecule has 0 radical (unpaired) electrons. The number of hydrogen-bond acceptors (Lipinski definition) is 4. The maximum atomic E-state index is 5.22. The van der Waals surface area contributed by atoms with Gasteiger partial charge in [0, 0.05) is 30.9 Å². The quantitative estimate of drug-likeness (QED) is 0.926. The van der Waals surface area contributed by atoms with Gasteiger partial charge in [-0.25, -0.2) is 4.98 Å². The van der Waals surface area contributed by atoms with Crippen LogP contribution in [0, 0.1) is 13.8 Å². The lowest BCUT2D eigenvalue weighted by atomic mass is 10.0. The molecule has 2 rings (SSSR count). The molecule has 1 aromatic rings. The van der Waals surface area contributed by atoms with Gasteiger partial charge in [0.25, 0.3) is 0 Å². The molecule has 1 unspecified atom stereocenters. The molecule has 1 aliphatic rings. The van der Waals surface area contributed by atoms with E-state index in [0.29, 0.717) is 11.9 Å². The molecule has 1 fully saturated rings. The van der Waals surface area contributed by atoms with Crippen molar-refractivity contribution >= 4 is 12.4 Å². The molecule has 20 heavy (non-hydrogen) atoms. The third-order valence-corrected chi connectivity index (χ3v) is 4.04. The summed E-state index contributed by atoms with van der Waals surface area (Å²) in [5, 5.41) is 3.39. The Hall–Kier alpha value is -0.840. The lowest BCUT2D eigenvalue weighted by Gasteiger charge is -2.33. The van der Waals surface area contributed by atoms with Crippen LogP contribution in [0.2, 0.25) is 0 Å². The van der Waals surface area contributed by atoms with E-state index in [-0.39, 0.29) is 12.4 Å². The summed E-state index contributed by atoms with van der Waals surface area (Å²) in [5.74, 6) is 0.713. The van der Waals surface area contributed by atoms with Crippen molar-refractivity contribution in [1.82, 2.24) is 15.2 Å². The maximum absolute atomic E-state index is 5.22. The van der Waals surface area contributed by atoms with E-state index in [2.05, 4.69) is 36.1 Å². The molecule has 1 aromatic heterocycles. The molecule has 1 N–H and O–H groups in total. The summed E-state index contributed by atoms with van der Waals surface area (Å²) in [6.45, 7) is 7.52. The average molecular weight is 300 g/mol. The van der Waals surface area contributed by atoms with Crippen molar-refractivity contribution < 1.29 is 4.74 Å². The third kappa shape index (κ3) is 4.08. The Bertz CT molecular complexity index is 416. The van der Waals surface area contributed by atoms with Gasteiger partial charge in [-0.3, -0.25) is 4.90 Å². The molecule has 1 saturated heterocycles. The number of ether oxygens (including phenoxy) is 1. The van der Waals surface area contributed by atoms with Crippen LogP contribution >= 0.6 is 12.4 Å². The van der Waals surface area contributed by atoms with E-state index in [0.717, 1.165) is 18.8 Å². The van der Waals surface area contributed by atoms with Crippen molar-refractivity contribution in [3.63, 3.8) is 0 Å². The van der Waals surface area contributed by atoms with E-state index < -0.39 is 0 Å². The number of nitrogens with one attached hydrogen (secondary N) is 1. The Morgan fingerprint density at radius 3 is 2.80 bits per heavy atom. The molecule has 114 valence electrons. The van der Waals surface area contributed by atoms with Gasteiger partial charge >= 0.3 is 0 Å². The SMILES string of the molecule is CNC1CCCN(Cc2c(C)cc(OC)nc2C)C1.Cl. The number of halogens is 1. The highest BCUT2D eigenvalue weighted by molar-refractivity contribution is 5.85. The standard InChI is InChI=1S/C15H25N3O.ClH/c1-11-8-15(19-4)17-12(2)14(11)10-18-7-5-6-13(9-18)16-3;/h8,13,16H,5-7,9-10H2,1-4H3;1H. The van der Waals surface area contributed by atoms with Crippen LogP contribution in [0.15, 0.2) is 6.07 Å². The summed E-state index contributed by atoms with van der Waals surface area (Å²) < 4.78 is 5.22. The van der Waals surface area contributed by atoms with Crippen molar-refractivity contribution in [2.24, 2.45) is 0 Å². The summed E-state index contributed by atoms with van der Waals surface area (Å²) in [5.41, 5.74) is 3.71. The number of rotatable bonds is 4. The number of aromatic nitrogens is 1.